The van der Waals surface area contributed by atoms with Crippen LogP contribution in [0.4, 0.5) is 0 Å². The number of nitrogens with one attached hydrogen (secondary N) is 1. The van der Waals surface area contributed by atoms with Gasteiger partial charge in [-0.2, -0.15) is 0 Å². The molecule has 0 aromatic rings. The fourth-order valence-corrected chi connectivity index (χ4v) is 2.65. The van der Waals surface area contributed by atoms with Crippen molar-refractivity contribution in [3.8, 4) is 0 Å². The Bertz CT molecular complexity index is 208. The van der Waals surface area contributed by atoms with Gasteiger partial charge in [-0.3, -0.25) is 0 Å². The molecule has 0 aromatic heterocycles. The summed E-state index contributed by atoms with van der Waals surface area (Å²) in [4.78, 5) is 0. The van der Waals surface area contributed by atoms with Crippen LogP contribution in [-0.4, -0.2) is 37.0 Å². The van der Waals surface area contributed by atoms with E-state index >= 15 is 0 Å². The minimum absolute atomic E-state index is 0.172. The van der Waals surface area contributed by atoms with Crippen LogP contribution in [0.15, 0.2) is 0 Å². The second-order valence-electron chi connectivity index (χ2n) is 5.38. The molecule has 0 saturated carbocycles. The highest BCUT2D eigenvalue weighted by Crippen LogP contribution is 2.30. The lowest BCUT2D eigenvalue weighted by Crippen LogP contribution is -2.59. The van der Waals surface area contributed by atoms with E-state index in [2.05, 4.69) is 26.1 Å². The molecule has 0 amide bonds. The average molecular weight is 229 g/mol. The predicted molar refractivity (Wildman–Crippen MR) is 66.5 cm³/mol. The Kier molecular flexibility index (Phi) is 5.22. The van der Waals surface area contributed by atoms with Crippen molar-refractivity contribution in [1.82, 2.24) is 5.32 Å². The van der Waals surface area contributed by atoms with Crippen LogP contribution in [0.25, 0.3) is 0 Å². The van der Waals surface area contributed by atoms with E-state index in [1.165, 1.54) is 12.8 Å². The first-order valence-corrected chi connectivity index (χ1v) is 6.49. The Balaban J connectivity index is 2.70. The van der Waals surface area contributed by atoms with Gasteiger partial charge in [0.1, 0.15) is 5.60 Å². The Morgan fingerprint density at radius 2 is 2.19 bits per heavy atom. The van der Waals surface area contributed by atoms with Gasteiger partial charge in [0.15, 0.2) is 0 Å². The molecule has 2 N–H and O–H groups in total. The van der Waals surface area contributed by atoms with Crippen molar-refractivity contribution in [1.29, 1.82) is 0 Å². The summed E-state index contributed by atoms with van der Waals surface area (Å²) in [7, 11) is 1.66. The smallest absolute Gasteiger partial charge is 0.105 e. The molecule has 0 aliphatic carbocycles. The zero-order chi connectivity index (χ0) is 12.2. The van der Waals surface area contributed by atoms with Crippen molar-refractivity contribution >= 4 is 0 Å². The highest BCUT2D eigenvalue weighted by molar-refractivity contribution is 4.97. The Hall–Kier alpha value is -0.120. The monoisotopic (exact) mass is 229 g/mol. The van der Waals surface area contributed by atoms with Gasteiger partial charge in [0.2, 0.25) is 0 Å². The maximum absolute atomic E-state index is 10.7. The van der Waals surface area contributed by atoms with Crippen LogP contribution in [0.5, 0.6) is 0 Å². The second kappa shape index (κ2) is 5.99. The largest absolute Gasteiger partial charge is 0.386 e. The van der Waals surface area contributed by atoms with E-state index in [4.69, 9.17) is 4.74 Å². The zero-order valence-electron chi connectivity index (χ0n) is 11.1. The molecule has 1 fully saturated rings. The number of aliphatic hydroxyl groups is 1. The first-order valence-electron chi connectivity index (χ1n) is 6.49. The number of piperidine rings is 1. The van der Waals surface area contributed by atoms with E-state index in [0.717, 1.165) is 18.9 Å². The van der Waals surface area contributed by atoms with E-state index in [9.17, 15) is 5.11 Å². The quantitative estimate of drug-likeness (QED) is 0.755. The van der Waals surface area contributed by atoms with Crippen molar-refractivity contribution in [3.63, 3.8) is 0 Å². The molecule has 1 aliphatic heterocycles. The first-order chi connectivity index (χ1) is 7.54. The van der Waals surface area contributed by atoms with Gasteiger partial charge in [-0.05, 0) is 31.2 Å². The molecule has 3 atom stereocenters. The maximum Gasteiger partial charge on any atom is 0.105 e. The van der Waals surface area contributed by atoms with Crippen LogP contribution in [0.2, 0.25) is 0 Å². The molecule has 0 bridgehead atoms. The predicted octanol–water partition coefficient (Wildman–Crippen LogP) is 1.80. The minimum atomic E-state index is -0.734. The zero-order valence-corrected chi connectivity index (χ0v) is 11.1. The molecule has 0 spiro atoms. The van der Waals surface area contributed by atoms with Gasteiger partial charge in [-0.25, -0.2) is 0 Å². The molecule has 1 aliphatic rings. The Labute approximate surface area is 99.6 Å². The lowest BCUT2D eigenvalue weighted by Gasteiger charge is -2.43. The van der Waals surface area contributed by atoms with Gasteiger partial charge in [0, 0.05) is 13.2 Å². The van der Waals surface area contributed by atoms with Crippen LogP contribution in [0.1, 0.15) is 40.0 Å². The fourth-order valence-electron chi connectivity index (χ4n) is 2.65. The van der Waals surface area contributed by atoms with E-state index in [1.54, 1.807) is 7.11 Å². The average Bonchev–Trinajstić information content (AvgIpc) is 2.29. The summed E-state index contributed by atoms with van der Waals surface area (Å²) >= 11 is 0. The lowest BCUT2D eigenvalue weighted by molar-refractivity contribution is -0.0986. The summed E-state index contributed by atoms with van der Waals surface area (Å²) in [5, 5.41) is 14.2. The summed E-state index contributed by atoms with van der Waals surface area (Å²) in [6.07, 6.45) is 3.50. The second-order valence-corrected chi connectivity index (χ2v) is 5.38. The van der Waals surface area contributed by atoms with E-state index in [-0.39, 0.29) is 12.0 Å². The van der Waals surface area contributed by atoms with E-state index < -0.39 is 5.60 Å². The van der Waals surface area contributed by atoms with Crippen molar-refractivity contribution in [2.45, 2.75) is 51.7 Å². The SMILES string of the molecule is CCC1CCNC(C(O)(COC)C(C)C)C1. The molecule has 3 heteroatoms. The summed E-state index contributed by atoms with van der Waals surface area (Å²) in [6.45, 7) is 7.80. The number of hydrogen-bond acceptors (Lipinski definition) is 3. The van der Waals surface area contributed by atoms with Crippen LogP contribution in [-0.2, 0) is 4.74 Å². The molecule has 1 rings (SSSR count). The van der Waals surface area contributed by atoms with Crippen LogP contribution in [0.3, 0.4) is 0 Å². The summed E-state index contributed by atoms with van der Waals surface area (Å²) in [6, 6.07) is 0.172. The third-order valence-electron chi connectivity index (χ3n) is 4.07. The topological polar surface area (TPSA) is 41.5 Å². The van der Waals surface area contributed by atoms with Gasteiger partial charge in [-0.1, -0.05) is 27.2 Å². The molecule has 3 unspecified atom stereocenters. The van der Waals surface area contributed by atoms with Gasteiger partial charge >= 0.3 is 0 Å². The molecule has 0 radical (unpaired) electrons. The molecular formula is C13H27NO2. The number of rotatable bonds is 5. The molecule has 96 valence electrons. The van der Waals surface area contributed by atoms with Gasteiger partial charge < -0.3 is 15.2 Å². The lowest BCUT2D eigenvalue weighted by atomic mass is 9.76. The number of ether oxygens (including phenoxy) is 1. The molecule has 0 aromatic carbocycles. The van der Waals surface area contributed by atoms with Crippen LogP contribution < -0.4 is 5.32 Å². The van der Waals surface area contributed by atoms with E-state index in [1.807, 2.05) is 0 Å². The maximum atomic E-state index is 10.7. The highest BCUT2D eigenvalue weighted by Gasteiger charge is 2.41. The normalized spacial score (nSPS) is 30.4. The third-order valence-corrected chi connectivity index (χ3v) is 4.07. The fraction of sp³-hybridized carbons (Fsp3) is 1.00. The van der Waals surface area contributed by atoms with E-state index in [0.29, 0.717) is 6.61 Å². The van der Waals surface area contributed by atoms with Crippen molar-refractivity contribution in [2.24, 2.45) is 11.8 Å². The standard InChI is InChI=1S/C13H27NO2/c1-5-11-6-7-14-12(8-11)13(15,9-16-4)10(2)3/h10-12,14-15H,5-9H2,1-4H3. The van der Waals surface area contributed by atoms with Crippen molar-refractivity contribution in [2.75, 3.05) is 20.3 Å². The Morgan fingerprint density at radius 1 is 1.50 bits per heavy atom. The van der Waals surface area contributed by atoms with Gasteiger partial charge in [0.25, 0.3) is 0 Å². The highest BCUT2D eigenvalue weighted by atomic mass is 16.5. The minimum Gasteiger partial charge on any atom is -0.386 e. The Morgan fingerprint density at radius 3 is 2.69 bits per heavy atom. The van der Waals surface area contributed by atoms with Crippen LogP contribution in [0, 0.1) is 11.8 Å². The van der Waals surface area contributed by atoms with Crippen molar-refractivity contribution < 1.29 is 9.84 Å². The van der Waals surface area contributed by atoms with Gasteiger partial charge in [-0.15, -0.1) is 0 Å². The summed E-state index contributed by atoms with van der Waals surface area (Å²) in [5.74, 6) is 0.953. The van der Waals surface area contributed by atoms with Gasteiger partial charge in [0.05, 0.1) is 6.61 Å². The summed E-state index contributed by atoms with van der Waals surface area (Å²) < 4.78 is 5.20. The number of methoxy groups -OCH3 is 1. The molecule has 1 saturated heterocycles. The molecule has 3 nitrogen and oxygen atoms in total. The summed E-state index contributed by atoms with van der Waals surface area (Å²) in [5.41, 5.74) is -0.734. The molecular weight excluding hydrogens is 202 g/mol. The van der Waals surface area contributed by atoms with Crippen molar-refractivity contribution in [3.05, 3.63) is 0 Å². The third kappa shape index (κ3) is 2.96. The molecule has 16 heavy (non-hydrogen) atoms. The molecule has 1 heterocycles. The number of hydrogen-bond donors (Lipinski definition) is 2. The van der Waals surface area contributed by atoms with Crippen LogP contribution >= 0.6 is 0 Å². The first kappa shape index (κ1) is 13.9.